The number of thioether (sulfide) groups is 1. The highest BCUT2D eigenvalue weighted by molar-refractivity contribution is 7.99. The van der Waals surface area contributed by atoms with Gasteiger partial charge in [0.2, 0.25) is 0 Å². The van der Waals surface area contributed by atoms with Crippen LogP contribution in [0.2, 0.25) is 5.02 Å². The van der Waals surface area contributed by atoms with Crippen LogP contribution in [0.5, 0.6) is 0 Å². The number of halogens is 1. The first kappa shape index (κ1) is 16.2. The van der Waals surface area contributed by atoms with Crippen molar-refractivity contribution in [3.8, 4) is 0 Å². The van der Waals surface area contributed by atoms with Crippen molar-refractivity contribution in [2.45, 2.75) is 56.7 Å². The Morgan fingerprint density at radius 1 is 1.40 bits per heavy atom. The Balaban J connectivity index is 1.88. The van der Waals surface area contributed by atoms with E-state index in [-0.39, 0.29) is 5.54 Å². The van der Waals surface area contributed by atoms with Crippen LogP contribution in [0.25, 0.3) is 0 Å². The highest BCUT2D eigenvalue weighted by Crippen LogP contribution is 2.28. The summed E-state index contributed by atoms with van der Waals surface area (Å²) in [6, 6.07) is 6.35. The Morgan fingerprint density at radius 2 is 2.20 bits per heavy atom. The van der Waals surface area contributed by atoms with E-state index in [1.54, 1.807) is 0 Å². The first-order valence-electron chi connectivity index (χ1n) is 7.22. The molecule has 4 heteroatoms. The monoisotopic (exact) mass is 313 g/mol. The summed E-state index contributed by atoms with van der Waals surface area (Å²) < 4.78 is 5.64. The average molecular weight is 314 g/mol. The van der Waals surface area contributed by atoms with Gasteiger partial charge < -0.3 is 10.1 Å². The number of ether oxygens (including phenoxy) is 1. The van der Waals surface area contributed by atoms with Crippen molar-refractivity contribution in [3.63, 3.8) is 0 Å². The van der Waals surface area contributed by atoms with Gasteiger partial charge in [-0.2, -0.15) is 0 Å². The molecular weight excluding hydrogens is 290 g/mol. The molecule has 1 fully saturated rings. The van der Waals surface area contributed by atoms with Crippen LogP contribution in [0, 0.1) is 0 Å². The first-order chi connectivity index (χ1) is 9.44. The van der Waals surface area contributed by atoms with E-state index in [9.17, 15) is 0 Å². The predicted octanol–water partition coefficient (Wildman–Crippen LogP) is 4.50. The van der Waals surface area contributed by atoms with E-state index in [1.807, 2.05) is 11.8 Å². The van der Waals surface area contributed by atoms with Crippen LogP contribution in [-0.2, 0) is 11.3 Å². The summed E-state index contributed by atoms with van der Waals surface area (Å²) in [5, 5.41) is 4.31. The van der Waals surface area contributed by atoms with Gasteiger partial charge in [0.25, 0.3) is 0 Å². The number of hydrogen-bond acceptors (Lipinski definition) is 3. The smallest absolute Gasteiger partial charge is 0.0669 e. The second-order valence-corrected chi connectivity index (χ2v) is 7.80. The second-order valence-electron chi connectivity index (χ2n) is 6.30. The van der Waals surface area contributed by atoms with Crippen LogP contribution in [0.4, 0.5) is 0 Å². The SMILES string of the molecule is CC(C)(C)NCc1ccc(SCC2CCCO2)cc1Cl. The van der Waals surface area contributed by atoms with Gasteiger partial charge >= 0.3 is 0 Å². The summed E-state index contributed by atoms with van der Waals surface area (Å²) in [7, 11) is 0. The van der Waals surface area contributed by atoms with Crippen LogP contribution in [0.3, 0.4) is 0 Å². The summed E-state index contributed by atoms with van der Waals surface area (Å²) >= 11 is 8.20. The molecule has 1 heterocycles. The van der Waals surface area contributed by atoms with Gasteiger partial charge in [-0.05, 0) is 51.3 Å². The highest BCUT2D eigenvalue weighted by atomic mass is 35.5. The zero-order chi connectivity index (χ0) is 14.6. The second kappa shape index (κ2) is 7.17. The molecule has 0 aromatic heterocycles. The van der Waals surface area contributed by atoms with Crippen LogP contribution < -0.4 is 5.32 Å². The van der Waals surface area contributed by atoms with Crippen molar-refractivity contribution in [2.24, 2.45) is 0 Å². The molecule has 0 amide bonds. The molecule has 1 N–H and O–H groups in total. The predicted molar refractivity (Wildman–Crippen MR) is 87.7 cm³/mol. The third kappa shape index (κ3) is 5.28. The molecule has 1 unspecified atom stereocenters. The molecule has 1 aromatic carbocycles. The van der Waals surface area contributed by atoms with Gasteiger partial charge in [-0.1, -0.05) is 17.7 Å². The van der Waals surface area contributed by atoms with E-state index in [4.69, 9.17) is 16.3 Å². The molecule has 1 atom stereocenters. The lowest BCUT2D eigenvalue weighted by Gasteiger charge is -2.21. The molecule has 1 aliphatic heterocycles. The molecule has 2 rings (SSSR count). The van der Waals surface area contributed by atoms with Crippen molar-refractivity contribution in [2.75, 3.05) is 12.4 Å². The van der Waals surface area contributed by atoms with E-state index in [0.29, 0.717) is 6.10 Å². The van der Waals surface area contributed by atoms with Crippen LogP contribution in [-0.4, -0.2) is 24.0 Å². The Hall–Kier alpha value is -0.220. The molecule has 0 saturated carbocycles. The molecule has 2 nitrogen and oxygen atoms in total. The van der Waals surface area contributed by atoms with Gasteiger partial charge in [0.1, 0.15) is 0 Å². The minimum atomic E-state index is 0.108. The summed E-state index contributed by atoms with van der Waals surface area (Å²) in [6.45, 7) is 8.20. The maximum atomic E-state index is 6.37. The third-order valence-electron chi connectivity index (χ3n) is 3.29. The quantitative estimate of drug-likeness (QED) is 0.809. The fourth-order valence-corrected chi connectivity index (χ4v) is 3.41. The van der Waals surface area contributed by atoms with E-state index in [0.717, 1.165) is 29.5 Å². The molecule has 0 spiro atoms. The topological polar surface area (TPSA) is 21.3 Å². The number of hydrogen-bond donors (Lipinski definition) is 1. The van der Waals surface area contributed by atoms with Crippen molar-refractivity contribution < 1.29 is 4.74 Å². The molecule has 1 aliphatic rings. The van der Waals surface area contributed by atoms with Crippen LogP contribution in [0.1, 0.15) is 39.2 Å². The summed E-state index contributed by atoms with van der Waals surface area (Å²) in [5.41, 5.74) is 1.26. The van der Waals surface area contributed by atoms with E-state index >= 15 is 0 Å². The fourth-order valence-electron chi connectivity index (χ4n) is 2.09. The fraction of sp³-hybridized carbons (Fsp3) is 0.625. The van der Waals surface area contributed by atoms with E-state index in [2.05, 4.69) is 44.3 Å². The number of rotatable bonds is 5. The largest absolute Gasteiger partial charge is 0.377 e. The molecule has 20 heavy (non-hydrogen) atoms. The minimum absolute atomic E-state index is 0.108. The number of benzene rings is 1. The van der Waals surface area contributed by atoms with E-state index < -0.39 is 0 Å². The molecule has 1 saturated heterocycles. The van der Waals surface area contributed by atoms with E-state index in [1.165, 1.54) is 17.7 Å². The standard InChI is InChI=1S/C16H24ClNOS/c1-16(2,3)18-10-12-6-7-14(9-15(12)17)20-11-13-5-4-8-19-13/h6-7,9,13,18H,4-5,8,10-11H2,1-3H3. The van der Waals surface area contributed by atoms with Gasteiger partial charge in [0.15, 0.2) is 0 Å². The lowest BCUT2D eigenvalue weighted by atomic mass is 10.1. The zero-order valence-electron chi connectivity index (χ0n) is 12.5. The molecule has 112 valence electrons. The van der Waals surface area contributed by atoms with Gasteiger partial charge in [-0.3, -0.25) is 0 Å². The highest BCUT2D eigenvalue weighted by Gasteiger charge is 2.16. The maximum absolute atomic E-state index is 6.37. The lowest BCUT2D eigenvalue weighted by Crippen LogP contribution is -2.35. The van der Waals surface area contributed by atoms with Crippen molar-refractivity contribution in [1.82, 2.24) is 5.32 Å². The minimum Gasteiger partial charge on any atom is -0.377 e. The summed E-state index contributed by atoms with van der Waals surface area (Å²) in [4.78, 5) is 1.23. The Kier molecular flexibility index (Phi) is 5.79. The van der Waals surface area contributed by atoms with Crippen molar-refractivity contribution in [1.29, 1.82) is 0 Å². The van der Waals surface area contributed by atoms with Gasteiger partial charge in [0.05, 0.1) is 6.10 Å². The third-order valence-corrected chi connectivity index (χ3v) is 4.77. The molecular formula is C16H24ClNOS. The van der Waals surface area contributed by atoms with Gasteiger partial charge in [-0.15, -0.1) is 11.8 Å². The molecule has 0 radical (unpaired) electrons. The van der Waals surface area contributed by atoms with Crippen LogP contribution >= 0.6 is 23.4 Å². The molecule has 0 bridgehead atoms. The van der Waals surface area contributed by atoms with Crippen LogP contribution in [0.15, 0.2) is 23.1 Å². The average Bonchev–Trinajstić information content (AvgIpc) is 2.87. The van der Waals surface area contributed by atoms with Crippen molar-refractivity contribution >= 4 is 23.4 Å². The zero-order valence-corrected chi connectivity index (χ0v) is 14.1. The Morgan fingerprint density at radius 3 is 2.80 bits per heavy atom. The number of nitrogens with one attached hydrogen (secondary N) is 1. The Labute approximate surface area is 131 Å². The summed E-state index contributed by atoms with van der Waals surface area (Å²) in [6.07, 6.45) is 2.80. The lowest BCUT2D eigenvalue weighted by molar-refractivity contribution is 0.129. The Bertz CT molecular complexity index is 439. The normalized spacial score (nSPS) is 19.5. The first-order valence-corrected chi connectivity index (χ1v) is 8.58. The molecule has 1 aromatic rings. The maximum Gasteiger partial charge on any atom is 0.0669 e. The van der Waals surface area contributed by atoms with Gasteiger partial charge in [-0.25, -0.2) is 0 Å². The van der Waals surface area contributed by atoms with Crippen molar-refractivity contribution in [3.05, 3.63) is 28.8 Å². The summed E-state index contributed by atoms with van der Waals surface area (Å²) in [5.74, 6) is 1.02. The molecule has 0 aliphatic carbocycles. The van der Waals surface area contributed by atoms with Gasteiger partial charge in [0, 0.05) is 34.4 Å².